The Hall–Kier alpha value is -2.21. The van der Waals surface area contributed by atoms with Crippen LogP contribution >= 0.6 is 0 Å². The Labute approximate surface area is 217 Å². The lowest BCUT2D eigenvalue weighted by Gasteiger charge is -2.35. The van der Waals surface area contributed by atoms with Crippen molar-refractivity contribution >= 4 is 16.5 Å². The molecule has 206 valence electrons. The molecule has 0 aliphatic carbocycles. The minimum atomic E-state index is -4.75. The van der Waals surface area contributed by atoms with Crippen LogP contribution in [0.2, 0.25) is 0 Å². The fourth-order valence-electron chi connectivity index (χ4n) is 4.37. The number of nitrogens with one attached hydrogen (secondary N) is 1. The molecule has 1 heterocycles. The maximum atomic E-state index is 14.5. The number of benzene rings is 2. The number of aliphatic hydroxyl groups is 1. The molecule has 11 heteroatoms. The summed E-state index contributed by atoms with van der Waals surface area (Å²) >= 11 is 0. The molecule has 0 aromatic heterocycles. The summed E-state index contributed by atoms with van der Waals surface area (Å²) in [6, 6.07) is 9.94. The lowest BCUT2D eigenvalue weighted by molar-refractivity contribution is -0.206. The number of alkyl halides is 3. The van der Waals surface area contributed by atoms with Gasteiger partial charge in [0.05, 0.1) is 12.7 Å². The highest BCUT2D eigenvalue weighted by molar-refractivity contribution is 7.85. The molecule has 1 unspecified atom stereocenters. The third-order valence-corrected chi connectivity index (χ3v) is 7.98. The predicted octanol–water partition coefficient (Wildman–Crippen LogP) is 3.93. The smallest absolute Gasteiger partial charge is 0.427 e. The molecular formula is C26H34F4N2O4S. The van der Waals surface area contributed by atoms with Crippen molar-refractivity contribution in [2.24, 2.45) is 5.92 Å². The number of hydrogen-bond donors (Lipinski definition) is 3. The second kappa shape index (κ2) is 12.6. The summed E-state index contributed by atoms with van der Waals surface area (Å²) < 4.78 is 76.5. The van der Waals surface area contributed by atoms with Crippen LogP contribution in [0.1, 0.15) is 36.5 Å². The number of ether oxygens (including phenoxy) is 2. The van der Waals surface area contributed by atoms with Crippen LogP contribution in [0.5, 0.6) is 5.75 Å². The second-order valence-corrected chi connectivity index (χ2v) is 11.3. The van der Waals surface area contributed by atoms with Crippen LogP contribution in [0, 0.1) is 11.7 Å². The van der Waals surface area contributed by atoms with Gasteiger partial charge in [0.25, 0.3) is 0 Å². The molecule has 0 saturated carbocycles. The van der Waals surface area contributed by atoms with Crippen LogP contribution in [-0.4, -0.2) is 59.0 Å². The summed E-state index contributed by atoms with van der Waals surface area (Å²) in [5.74, 6) is -1.10. The van der Waals surface area contributed by atoms with Crippen molar-refractivity contribution in [3.05, 3.63) is 58.9 Å². The van der Waals surface area contributed by atoms with Crippen molar-refractivity contribution in [2.45, 2.75) is 57.2 Å². The summed E-state index contributed by atoms with van der Waals surface area (Å²) in [6.45, 7) is 3.88. The van der Waals surface area contributed by atoms with E-state index in [1.54, 1.807) is 0 Å². The minimum Gasteiger partial charge on any atom is -0.476 e. The summed E-state index contributed by atoms with van der Waals surface area (Å²) in [7, 11) is -0.145. The molecule has 6 nitrogen and oxygen atoms in total. The zero-order valence-corrected chi connectivity index (χ0v) is 21.9. The monoisotopic (exact) mass is 546 g/mol. The number of rotatable bonds is 10. The summed E-state index contributed by atoms with van der Waals surface area (Å²) in [5.41, 5.74) is 7.60. The number of hydrogen-bond acceptors (Lipinski definition) is 6. The standard InChI is InChI=1S/C26H34F4N2O4S/c1-15(2)18-6-4-5-16(7-18)11-32-21-14-37(34)13-19(25(21)33)8-17-9-20(27)24(31)22(10-17)36-23(12-35-3)26(28,29)30/h4-7,9-10,15,19,21,23,25,32-33H,8,11-14,31H2,1-3H3/t19-,21+,23-,25+,37?/m1/s1. The molecule has 0 radical (unpaired) electrons. The lowest BCUT2D eigenvalue weighted by Crippen LogP contribution is -2.53. The van der Waals surface area contributed by atoms with E-state index in [9.17, 15) is 26.9 Å². The average Bonchev–Trinajstić information content (AvgIpc) is 2.82. The van der Waals surface area contributed by atoms with Gasteiger partial charge >= 0.3 is 6.18 Å². The molecule has 3 rings (SSSR count). The predicted molar refractivity (Wildman–Crippen MR) is 135 cm³/mol. The van der Waals surface area contributed by atoms with Gasteiger partial charge in [-0.05, 0) is 41.2 Å². The Kier molecular flexibility index (Phi) is 9.96. The second-order valence-electron chi connectivity index (χ2n) is 9.71. The van der Waals surface area contributed by atoms with Gasteiger partial charge in [-0.25, -0.2) is 4.39 Å². The highest BCUT2D eigenvalue weighted by Crippen LogP contribution is 2.33. The summed E-state index contributed by atoms with van der Waals surface area (Å²) in [6.07, 6.45) is -7.89. The van der Waals surface area contributed by atoms with Crippen LogP contribution in [0.3, 0.4) is 0 Å². The molecule has 5 atom stereocenters. The normalized spacial score (nSPS) is 23.3. The minimum absolute atomic E-state index is 0.0858. The molecule has 0 spiro atoms. The fraction of sp³-hybridized carbons (Fsp3) is 0.538. The first-order chi connectivity index (χ1) is 17.4. The van der Waals surface area contributed by atoms with Gasteiger partial charge in [0.1, 0.15) is 17.3 Å². The zero-order valence-electron chi connectivity index (χ0n) is 21.1. The van der Waals surface area contributed by atoms with Crippen molar-refractivity contribution in [3.63, 3.8) is 0 Å². The number of aliphatic hydroxyl groups excluding tert-OH is 1. The first-order valence-corrected chi connectivity index (χ1v) is 13.5. The van der Waals surface area contributed by atoms with E-state index in [0.717, 1.165) is 18.7 Å². The molecule has 4 N–H and O–H groups in total. The number of methoxy groups -OCH3 is 1. The molecule has 2 aromatic rings. The van der Waals surface area contributed by atoms with Crippen LogP contribution in [-0.2, 0) is 28.5 Å². The number of anilines is 1. The van der Waals surface area contributed by atoms with Crippen LogP contribution in [0.15, 0.2) is 36.4 Å². The van der Waals surface area contributed by atoms with Gasteiger partial charge in [-0.1, -0.05) is 38.1 Å². The quantitative estimate of drug-likeness (QED) is 0.309. The highest BCUT2D eigenvalue weighted by atomic mass is 32.2. The van der Waals surface area contributed by atoms with Gasteiger partial charge in [0, 0.05) is 47.9 Å². The van der Waals surface area contributed by atoms with Gasteiger partial charge in [-0.15, -0.1) is 0 Å². The Morgan fingerprint density at radius 1 is 1.19 bits per heavy atom. The SMILES string of the molecule is COC[C@@H](Oc1cc(C[C@@H]2CS(=O)C[C@H](NCc3cccc(C(C)C)c3)[C@H]2O)cc(F)c1N)C(F)(F)F. The van der Waals surface area contributed by atoms with Gasteiger partial charge in [-0.3, -0.25) is 4.21 Å². The van der Waals surface area contributed by atoms with E-state index in [1.165, 1.54) is 11.6 Å². The number of nitrogens with two attached hydrogens (primary N) is 1. The van der Waals surface area contributed by atoms with Crippen LogP contribution in [0.4, 0.5) is 23.2 Å². The molecule has 1 saturated heterocycles. The van der Waals surface area contributed by atoms with E-state index in [-0.39, 0.29) is 23.5 Å². The van der Waals surface area contributed by atoms with E-state index in [4.69, 9.17) is 10.5 Å². The third kappa shape index (κ3) is 7.89. The van der Waals surface area contributed by atoms with Crippen molar-refractivity contribution < 1.29 is 36.4 Å². The fourth-order valence-corrected chi connectivity index (χ4v) is 6.01. The number of nitrogen functional groups attached to an aromatic ring is 1. The van der Waals surface area contributed by atoms with Crippen molar-refractivity contribution in [1.29, 1.82) is 0 Å². The van der Waals surface area contributed by atoms with Gasteiger partial charge in [0.15, 0.2) is 0 Å². The highest BCUT2D eigenvalue weighted by Gasteiger charge is 2.42. The Balaban J connectivity index is 1.74. The van der Waals surface area contributed by atoms with E-state index in [2.05, 4.69) is 30.0 Å². The Morgan fingerprint density at radius 3 is 2.57 bits per heavy atom. The van der Waals surface area contributed by atoms with Crippen molar-refractivity contribution in [1.82, 2.24) is 5.32 Å². The molecule has 1 fully saturated rings. The van der Waals surface area contributed by atoms with Crippen molar-refractivity contribution in [2.75, 3.05) is 31.0 Å². The van der Waals surface area contributed by atoms with Crippen molar-refractivity contribution in [3.8, 4) is 5.75 Å². The molecule has 37 heavy (non-hydrogen) atoms. The maximum absolute atomic E-state index is 14.5. The largest absolute Gasteiger partial charge is 0.476 e. The van der Waals surface area contributed by atoms with E-state index in [0.29, 0.717) is 12.5 Å². The van der Waals surface area contributed by atoms with Crippen LogP contribution in [0.25, 0.3) is 0 Å². The van der Waals surface area contributed by atoms with Gasteiger partial charge < -0.3 is 25.6 Å². The topological polar surface area (TPSA) is 93.8 Å². The van der Waals surface area contributed by atoms with E-state index < -0.39 is 65.0 Å². The number of halogens is 4. The first kappa shape index (κ1) is 29.3. The summed E-state index contributed by atoms with van der Waals surface area (Å²) in [4.78, 5) is 0. The van der Waals surface area contributed by atoms with E-state index >= 15 is 0 Å². The molecule has 0 amide bonds. The molecule has 1 aliphatic heterocycles. The Bertz CT molecular complexity index is 1080. The maximum Gasteiger partial charge on any atom is 0.427 e. The molecule has 0 bridgehead atoms. The lowest BCUT2D eigenvalue weighted by atomic mass is 9.91. The van der Waals surface area contributed by atoms with Gasteiger partial charge in [0.2, 0.25) is 6.10 Å². The third-order valence-electron chi connectivity index (χ3n) is 6.45. The van der Waals surface area contributed by atoms with E-state index in [1.807, 2.05) is 18.2 Å². The van der Waals surface area contributed by atoms with Crippen LogP contribution < -0.4 is 15.8 Å². The molecule has 1 aliphatic rings. The zero-order chi connectivity index (χ0) is 27.3. The molecular weight excluding hydrogens is 512 g/mol. The Morgan fingerprint density at radius 2 is 1.92 bits per heavy atom. The average molecular weight is 547 g/mol. The first-order valence-electron chi connectivity index (χ1n) is 12.0. The molecule has 2 aromatic carbocycles. The van der Waals surface area contributed by atoms with Gasteiger partial charge in [-0.2, -0.15) is 13.2 Å². The summed E-state index contributed by atoms with van der Waals surface area (Å²) in [5, 5.41) is 14.3.